The van der Waals surface area contributed by atoms with Crippen LogP contribution in [0, 0.1) is 10.7 Å². The molecule has 1 aliphatic rings. The van der Waals surface area contributed by atoms with Gasteiger partial charge in [-0.05, 0) is 23.8 Å². The number of anilines is 1. The fraction of sp³-hybridized carbons (Fsp3) is 0.167. The molecule has 0 saturated carbocycles. The van der Waals surface area contributed by atoms with Crippen molar-refractivity contribution >= 4 is 17.2 Å². The van der Waals surface area contributed by atoms with Crippen molar-refractivity contribution in [3.63, 3.8) is 0 Å². The third-order valence-electron chi connectivity index (χ3n) is 5.69. The third kappa shape index (κ3) is 3.58. The number of nitroso groups, excluding NO2 is 1. The molecule has 1 atom stereocenters. The van der Waals surface area contributed by atoms with Gasteiger partial charge >= 0.3 is 5.69 Å². The zero-order valence-electron chi connectivity index (χ0n) is 18.5. The molecule has 0 aliphatic carbocycles. The molecule has 0 fully saturated rings. The molecule has 1 unspecified atom stereocenters. The van der Waals surface area contributed by atoms with Gasteiger partial charge in [-0.3, -0.25) is 4.98 Å². The number of pyridine rings is 1. The van der Waals surface area contributed by atoms with Gasteiger partial charge in [0.1, 0.15) is 5.82 Å². The number of nitrogen functional groups attached to an aromatic ring is 1. The molecule has 3 aromatic heterocycles. The van der Waals surface area contributed by atoms with E-state index in [1.165, 1.54) is 21.2 Å². The molecule has 0 bridgehead atoms. The van der Waals surface area contributed by atoms with Gasteiger partial charge in [0.15, 0.2) is 5.65 Å². The van der Waals surface area contributed by atoms with Crippen molar-refractivity contribution in [1.82, 2.24) is 24.1 Å². The highest BCUT2D eigenvalue weighted by molar-refractivity contribution is 5.91. The van der Waals surface area contributed by atoms with Crippen LogP contribution in [-0.4, -0.2) is 35.0 Å². The van der Waals surface area contributed by atoms with Crippen LogP contribution in [0.25, 0.3) is 22.5 Å². The van der Waals surface area contributed by atoms with Crippen LogP contribution in [-0.2, 0) is 6.54 Å². The van der Waals surface area contributed by atoms with Crippen LogP contribution < -0.4 is 11.4 Å². The second kappa shape index (κ2) is 8.14. The Balaban J connectivity index is 1.79. The molecule has 2 N–H and O–H groups in total. The lowest BCUT2D eigenvalue weighted by Crippen LogP contribution is -2.24. The minimum absolute atomic E-state index is 0.0171. The average molecular weight is 458 g/mol. The van der Waals surface area contributed by atoms with Crippen molar-refractivity contribution in [3.8, 4) is 11.3 Å². The quantitative estimate of drug-likeness (QED) is 0.470. The molecule has 170 valence electrons. The molecule has 4 aromatic rings. The summed E-state index contributed by atoms with van der Waals surface area (Å²) in [6.07, 6.45) is 4.64. The number of nitrogens with two attached hydrogens (primary N) is 1. The van der Waals surface area contributed by atoms with E-state index in [1.807, 2.05) is 36.4 Å². The van der Waals surface area contributed by atoms with Gasteiger partial charge in [-0.25, -0.2) is 23.3 Å². The first-order valence-corrected chi connectivity index (χ1v) is 10.6. The Bertz CT molecular complexity index is 1550. The summed E-state index contributed by atoms with van der Waals surface area (Å²) in [6.45, 7) is 3.54. The molecule has 1 aromatic carbocycles. The lowest BCUT2D eigenvalue weighted by molar-refractivity contribution is -0.523. The van der Waals surface area contributed by atoms with E-state index in [4.69, 9.17) is 5.73 Å². The Morgan fingerprint density at radius 1 is 1.18 bits per heavy atom. The van der Waals surface area contributed by atoms with Crippen molar-refractivity contribution in [1.29, 1.82) is 0 Å². The average Bonchev–Trinajstić information content (AvgIpc) is 3.15. The summed E-state index contributed by atoms with van der Waals surface area (Å²) < 4.78 is 16.6. The number of allylic oxidation sites excluding steroid dienone is 3. The topological polar surface area (TPSA) is 111 Å². The zero-order chi connectivity index (χ0) is 24.0. The first-order valence-electron chi connectivity index (χ1n) is 10.6. The van der Waals surface area contributed by atoms with E-state index in [0.717, 1.165) is 16.5 Å². The monoisotopic (exact) mass is 458 g/mol. The van der Waals surface area contributed by atoms with Crippen LogP contribution in [0.4, 0.5) is 10.3 Å². The van der Waals surface area contributed by atoms with Crippen molar-refractivity contribution in [3.05, 3.63) is 99.0 Å². The Hall–Kier alpha value is -4.47. The van der Waals surface area contributed by atoms with Gasteiger partial charge < -0.3 is 5.73 Å². The number of hydrogen-bond donors (Lipinski definition) is 1. The molecule has 10 heteroatoms. The van der Waals surface area contributed by atoms with E-state index >= 15 is 0 Å². The summed E-state index contributed by atoms with van der Waals surface area (Å²) in [7, 11) is 0. The predicted molar refractivity (Wildman–Crippen MR) is 125 cm³/mol. The summed E-state index contributed by atoms with van der Waals surface area (Å²) in [5.74, 6) is -0.487. The second-order valence-electron chi connectivity index (χ2n) is 8.10. The normalized spacial score (nSPS) is 16.0. The minimum Gasteiger partial charge on any atom is -0.369 e. The number of rotatable bonds is 4. The lowest BCUT2D eigenvalue weighted by Gasteiger charge is -2.15. The molecule has 9 nitrogen and oxygen atoms in total. The first kappa shape index (κ1) is 21.4. The Kier molecular flexibility index (Phi) is 5.12. The molecule has 0 saturated heterocycles. The van der Waals surface area contributed by atoms with Crippen LogP contribution in [0.15, 0.2) is 71.3 Å². The second-order valence-corrected chi connectivity index (χ2v) is 8.10. The van der Waals surface area contributed by atoms with Gasteiger partial charge in [0, 0.05) is 35.2 Å². The van der Waals surface area contributed by atoms with Crippen LogP contribution in [0.2, 0.25) is 0 Å². The predicted octanol–water partition coefficient (Wildman–Crippen LogP) is 3.19. The van der Waals surface area contributed by atoms with Gasteiger partial charge in [0.2, 0.25) is 17.7 Å². The number of aromatic nitrogens is 5. The number of halogens is 1. The van der Waals surface area contributed by atoms with Crippen LogP contribution in [0.3, 0.4) is 0 Å². The molecular formula is C24H21FN7O2+. The molecule has 5 rings (SSSR count). The fourth-order valence-electron chi connectivity index (χ4n) is 4.07. The van der Waals surface area contributed by atoms with Gasteiger partial charge in [-0.1, -0.05) is 30.3 Å². The summed E-state index contributed by atoms with van der Waals surface area (Å²) in [5, 5.41) is 4.57. The number of nitrogens with zero attached hydrogens (tertiary/aromatic N) is 6. The summed E-state index contributed by atoms with van der Waals surface area (Å²) in [6, 6.07) is 11.8. The van der Waals surface area contributed by atoms with E-state index in [-0.39, 0.29) is 12.5 Å². The summed E-state index contributed by atoms with van der Waals surface area (Å²) in [5.41, 5.74) is 9.67. The molecule has 0 radical (unpaired) electrons. The minimum atomic E-state index is -0.498. The van der Waals surface area contributed by atoms with Gasteiger partial charge in [-0.2, -0.15) is 0 Å². The largest absolute Gasteiger partial charge is 0.369 e. The maximum Gasteiger partial charge on any atom is 0.353 e. The maximum absolute atomic E-state index is 13.3. The Morgan fingerprint density at radius 2 is 1.94 bits per heavy atom. The van der Waals surface area contributed by atoms with Crippen LogP contribution in [0.1, 0.15) is 25.1 Å². The SMILES string of the molecule is CC1=CC(c2c(-c3ccccc3)nc(N)n3c(=O)n(Cc4ccc(F)cn4)nc23)=CC(C)[N+]1=O. The third-order valence-corrected chi connectivity index (χ3v) is 5.69. The zero-order valence-corrected chi connectivity index (χ0v) is 18.5. The van der Waals surface area contributed by atoms with Crippen molar-refractivity contribution in [2.24, 2.45) is 0 Å². The Labute approximate surface area is 193 Å². The highest BCUT2D eigenvalue weighted by Crippen LogP contribution is 2.34. The van der Waals surface area contributed by atoms with E-state index < -0.39 is 17.5 Å². The highest BCUT2D eigenvalue weighted by Gasteiger charge is 2.30. The number of benzene rings is 1. The van der Waals surface area contributed by atoms with Crippen LogP contribution in [0.5, 0.6) is 0 Å². The van der Waals surface area contributed by atoms with Gasteiger partial charge in [-0.15, -0.1) is 5.10 Å². The van der Waals surface area contributed by atoms with Gasteiger partial charge in [0.25, 0.3) is 0 Å². The van der Waals surface area contributed by atoms with Crippen molar-refractivity contribution in [2.45, 2.75) is 26.4 Å². The Morgan fingerprint density at radius 3 is 2.62 bits per heavy atom. The molecule has 34 heavy (non-hydrogen) atoms. The summed E-state index contributed by atoms with van der Waals surface area (Å²) >= 11 is 0. The standard InChI is InChI=1S/C24H21FN7O2/c1-14-10-17(11-15(2)32(14)34)20-21(16-6-4-3-5-7-16)28-23(26)31-22(20)29-30(24(31)33)13-19-9-8-18(25)12-27-19/h3-12,14H,13H2,1-2H3,(H2,26,28)/q+1. The summed E-state index contributed by atoms with van der Waals surface area (Å²) in [4.78, 5) is 34.1. The molecule has 1 aliphatic heterocycles. The first-order chi connectivity index (χ1) is 16.3. The van der Waals surface area contributed by atoms with Crippen LogP contribution >= 0.6 is 0 Å². The maximum atomic E-state index is 13.3. The van der Waals surface area contributed by atoms with E-state index in [0.29, 0.717) is 33.9 Å². The molecular weight excluding hydrogens is 437 g/mol. The number of hydrogen-bond acceptors (Lipinski definition) is 6. The highest BCUT2D eigenvalue weighted by atomic mass is 19.1. The van der Waals surface area contributed by atoms with Gasteiger partial charge in [0.05, 0.1) is 29.7 Å². The fourth-order valence-corrected chi connectivity index (χ4v) is 4.07. The smallest absolute Gasteiger partial charge is 0.353 e. The lowest BCUT2D eigenvalue weighted by atomic mass is 9.95. The number of fused-ring (bicyclic) bond motifs is 1. The molecule has 0 spiro atoms. The molecule has 0 amide bonds. The van der Waals surface area contributed by atoms with E-state index in [2.05, 4.69) is 15.1 Å². The van der Waals surface area contributed by atoms with Crippen molar-refractivity contribution in [2.75, 3.05) is 5.73 Å². The van der Waals surface area contributed by atoms with Crippen molar-refractivity contribution < 1.29 is 9.15 Å². The van der Waals surface area contributed by atoms with E-state index in [9.17, 15) is 14.1 Å². The van der Waals surface area contributed by atoms with E-state index in [1.54, 1.807) is 19.9 Å². The molecule has 4 heterocycles.